The Kier molecular flexibility index (Phi) is 7.40. The van der Waals surface area contributed by atoms with Gasteiger partial charge in [0.2, 0.25) is 5.91 Å². The molecule has 2 amide bonds. The highest BCUT2D eigenvalue weighted by molar-refractivity contribution is 5.98. The molecule has 1 atom stereocenters. The predicted molar refractivity (Wildman–Crippen MR) is 116 cm³/mol. The summed E-state index contributed by atoms with van der Waals surface area (Å²) >= 11 is 0. The standard InChI is InChI=1S/C23H31N3O3/c1-23(2,3)22(28)25-17-11-9-10-16(14-17)21(27)24-15-19(26(4)5)18-12-7-8-13-20(18)29-6/h7-14,19H,15H2,1-6H3,(H,24,27)(H,25,28). The molecule has 156 valence electrons. The summed E-state index contributed by atoms with van der Waals surface area (Å²) < 4.78 is 5.47. The van der Waals surface area contributed by atoms with Gasteiger partial charge in [-0.2, -0.15) is 0 Å². The topological polar surface area (TPSA) is 70.7 Å². The fourth-order valence-electron chi connectivity index (χ4n) is 2.86. The third-order valence-electron chi connectivity index (χ3n) is 4.64. The van der Waals surface area contributed by atoms with Gasteiger partial charge >= 0.3 is 0 Å². The second-order valence-corrected chi connectivity index (χ2v) is 8.22. The fraction of sp³-hybridized carbons (Fsp3) is 0.391. The SMILES string of the molecule is COc1ccccc1C(CNC(=O)c1cccc(NC(=O)C(C)(C)C)c1)N(C)C. The van der Waals surface area contributed by atoms with Crippen LogP contribution in [0.15, 0.2) is 48.5 Å². The molecule has 0 saturated carbocycles. The number of amides is 2. The minimum Gasteiger partial charge on any atom is -0.496 e. The van der Waals surface area contributed by atoms with E-state index in [4.69, 9.17) is 4.74 Å². The molecule has 0 aromatic heterocycles. The Labute approximate surface area is 173 Å². The minimum absolute atomic E-state index is 0.0427. The summed E-state index contributed by atoms with van der Waals surface area (Å²) in [7, 11) is 5.57. The molecule has 0 heterocycles. The molecule has 0 aliphatic rings. The van der Waals surface area contributed by atoms with Crippen LogP contribution in [0.3, 0.4) is 0 Å². The Morgan fingerprint density at radius 3 is 2.38 bits per heavy atom. The third kappa shape index (κ3) is 6.06. The van der Waals surface area contributed by atoms with Crippen LogP contribution in [0.5, 0.6) is 5.75 Å². The minimum atomic E-state index is -0.508. The van der Waals surface area contributed by atoms with Crippen LogP contribution in [0.1, 0.15) is 42.7 Å². The molecule has 2 aromatic carbocycles. The summed E-state index contributed by atoms with van der Waals surface area (Å²) in [5, 5.41) is 5.85. The Bertz CT molecular complexity index is 856. The molecule has 1 unspecified atom stereocenters. The highest BCUT2D eigenvalue weighted by Gasteiger charge is 2.22. The highest BCUT2D eigenvalue weighted by Crippen LogP contribution is 2.27. The summed E-state index contributed by atoms with van der Waals surface area (Å²) in [6, 6.07) is 14.7. The quantitative estimate of drug-likeness (QED) is 0.747. The number of anilines is 1. The lowest BCUT2D eigenvalue weighted by molar-refractivity contribution is -0.123. The number of nitrogens with zero attached hydrogens (tertiary/aromatic N) is 1. The van der Waals surface area contributed by atoms with Crippen LogP contribution in [-0.2, 0) is 4.79 Å². The summed E-state index contributed by atoms with van der Waals surface area (Å²) in [6.07, 6.45) is 0. The van der Waals surface area contributed by atoms with Gasteiger partial charge in [-0.15, -0.1) is 0 Å². The molecule has 0 bridgehead atoms. The average molecular weight is 398 g/mol. The van der Waals surface area contributed by atoms with Crippen LogP contribution in [0.25, 0.3) is 0 Å². The number of benzene rings is 2. The molecule has 0 spiro atoms. The van der Waals surface area contributed by atoms with Crippen molar-refractivity contribution in [3.8, 4) is 5.75 Å². The van der Waals surface area contributed by atoms with Gasteiger partial charge in [-0.3, -0.25) is 9.59 Å². The van der Waals surface area contributed by atoms with Crippen LogP contribution in [0.4, 0.5) is 5.69 Å². The number of nitrogens with one attached hydrogen (secondary N) is 2. The summed E-state index contributed by atoms with van der Waals surface area (Å²) in [5.74, 6) is 0.491. The second kappa shape index (κ2) is 9.56. The van der Waals surface area contributed by atoms with Crippen molar-refractivity contribution in [2.45, 2.75) is 26.8 Å². The lowest BCUT2D eigenvalue weighted by atomic mass is 9.95. The number of ether oxygens (including phenoxy) is 1. The van der Waals surface area contributed by atoms with E-state index < -0.39 is 5.41 Å². The Hall–Kier alpha value is -2.86. The number of hydrogen-bond acceptors (Lipinski definition) is 4. The van der Waals surface area contributed by atoms with Gasteiger partial charge in [0, 0.05) is 28.8 Å². The first-order chi connectivity index (χ1) is 13.6. The lowest BCUT2D eigenvalue weighted by Crippen LogP contribution is -2.34. The number of rotatable bonds is 7. The zero-order valence-electron chi connectivity index (χ0n) is 18.1. The molecule has 6 heteroatoms. The normalized spacial score (nSPS) is 12.4. The molecule has 0 aliphatic carbocycles. The molecule has 0 fully saturated rings. The first-order valence-electron chi connectivity index (χ1n) is 9.62. The van der Waals surface area contributed by atoms with Crippen molar-refractivity contribution in [2.24, 2.45) is 5.41 Å². The van der Waals surface area contributed by atoms with E-state index in [-0.39, 0.29) is 17.9 Å². The summed E-state index contributed by atoms with van der Waals surface area (Å²) in [6.45, 7) is 5.96. The molecule has 2 aromatic rings. The van der Waals surface area contributed by atoms with Crippen molar-refractivity contribution >= 4 is 17.5 Å². The zero-order chi connectivity index (χ0) is 21.6. The largest absolute Gasteiger partial charge is 0.496 e. The maximum atomic E-state index is 12.7. The van der Waals surface area contributed by atoms with Crippen molar-refractivity contribution in [3.05, 3.63) is 59.7 Å². The van der Waals surface area contributed by atoms with Crippen LogP contribution < -0.4 is 15.4 Å². The van der Waals surface area contributed by atoms with Gasteiger partial charge in [0.25, 0.3) is 5.91 Å². The van der Waals surface area contributed by atoms with E-state index in [0.29, 0.717) is 17.8 Å². The van der Waals surface area contributed by atoms with Crippen molar-refractivity contribution in [2.75, 3.05) is 33.1 Å². The molecule has 29 heavy (non-hydrogen) atoms. The number of methoxy groups -OCH3 is 1. The number of carbonyl (C=O) groups is 2. The van der Waals surface area contributed by atoms with Crippen molar-refractivity contribution in [3.63, 3.8) is 0 Å². The van der Waals surface area contributed by atoms with Crippen molar-refractivity contribution in [1.29, 1.82) is 0 Å². The average Bonchev–Trinajstić information content (AvgIpc) is 2.67. The Morgan fingerprint density at radius 1 is 1.07 bits per heavy atom. The smallest absolute Gasteiger partial charge is 0.251 e. The van der Waals surface area contributed by atoms with E-state index in [1.54, 1.807) is 31.4 Å². The summed E-state index contributed by atoms with van der Waals surface area (Å²) in [4.78, 5) is 27.0. The van der Waals surface area contributed by atoms with Crippen LogP contribution >= 0.6 is 0 Å². The maximum Gasteiger partial charge on any atom is 0.251 e. The number of likely N-dealkylation sites (N-methyl/N-ethyl adjacent to an activating group) is 1. The van der Waals surface area contributed by atoms with Crippen molar-refractivity contribution < 1.29 is 14.3 Å². The molecule has 2 N–H and O–H groups in total. The highest BCUT2D eigenvalue weighted by atomic mass is 16.5. The molecular weight excluding hydrogens is 366 g/mol. The predicted octanol–water partition coefficient (Wildman–Crippen LogP) is 3.71. The monoisotopic (exact) mass is 397 g/mol. The van der Waals surface area contributed by atoms with E-state index in [1.165, 1.54) is 0 Å². The van der Waals surface area contributed by atoms with E-state index in [2.05, 4.69) is 10.6 Å². The first-order valence-corrected chi connectivity index (χ1v) is 9.62. The first kappa shape index (κ1) is 22.4. The molecular formula is C23H31N3O3. The van der Waals surface area contributed by atoms with Gasteiger partial charge < -0.3 is 20.3 Å². The molecule has 0 saturated heterocycles. The van der Waals surface area contributed by atoms with E-state index >= 15 is 0 Å². The van der Waals surface area contributed by atoms with Gasteiger partial charge in [-0.05, 0) is 38.4 Å². The maximum absolute atomic E-state index is 12.7. The van der Waals surface area contributed by atoms with Gasteiger partial charge in [0.05, 0.1) is 13.2 Å². The fourth-order valence-corrected chi connectivity index (χ4v) is 2.86. The van der Waals surface area contributed by atoms with E-state index in [0.717, 1.165) is 11.3 Å². The van der Waals surface area contributed by atoms with Gasteiger partial charge in [-0.25, -0.2) is 0 Å². The van der Waals surface area contributed by atoms with Gasteiger partial charge in [0.15, 0.2) is 0 Å². The van der Waals surface area contributed by atoms with E-state index in [1.807, 2.05) is 64.0 Å². The van der Waals surface area contributed by atoms with Crippen LogP contribution in [0, 0.1) is 5.41 Å². The summed E-state index contributed by atoms with van der Waals surface area (Å²) in [5.41, 5.74) is 1.60. The van der Waals surface area contributed by atoms with E-state index in [9.17, 15) is 9.59 Å². The third-order valence-corrected chi connectivity index (χ3v) is 4.64. The lowest BCUT2D eigenvalue weighted by Gasteiger charge is -2.26. The number of para-hydroxylation sites is 1. The van der Waals surface area contributed by atoms with Crippen LogP contribution in [0.2, 0.25) is 0 Å². The Balaban J connectivity index is 2.11. The zero-order valence-corrected chi connectivity index (χ0v) is 18.1. The number of carbonyl (C=O) groups excluding carboxylic acids is 2. The molecule has 6 nitrogen and oxygen atoms in total. The molecule has 2 rings (SSSR count). The van der Waals surface area contributed by atoms with Gasteiger partial charge in [0.1, 0.15) is 5.75 Å². The number of hydrogen-bond donors (Lipinski definition) is 2. The second-order valence-electron chi connectivity index (χ2n) is 8.22. The van der Waals surface area contributed by atoms with Gasteiger partial charge in [-0.1, -0.05) is 45.0 Å². The molecule has 0 aliphatic heterocycles. The Morgan fingerprint density at radius 2 is 1.76 bits per heavy atom. The van der Waals surface area contributed by atoms with Crippen molar-refractivity contribution in [1.82, 2.24) is 10.2 Å². The molecule has 0 radical (unpaired) electrons. The van der Waals surface area contributed by atoms with Crippen LogP contribution in [-0.4, -0.2) is 44.5 Å².